The van der Waals surface area contributed by atoms with E-state index < -0.39 is 0 Å². The van der Waals surface area contributed by atoms with Crippen molar-refractivity contribution in [1.82, 2.24) is 9.97 Å². The summed E-state index contributed by atoms with van der Waals surface area (Å²) in [4.78, 5) is 10.4. The number of imidazole rings is 1. The molecule has 0 saturated heterocycles. The van der Waals surface area contributed by atoms with Gasteiger partial charge in [0.05, 0.1) is 11.0 Å². The van der Waals surface area contributed by atoms with Gasteiger partial charge in [-0.2, -0.15) is 0 Å². The van der Waals surface area contributed by atoms with E-state index in [0.717, 1.165) is 16.9 Å². The maximum atomic E-state index is 8.32. The van der Waals surface area contributed by atoms with Crippen LogP contribution < -0.4 is 0 Å². The summed E-state index contributed by atoms with van der Waals surface area (Å²) in [7, 11) is 0. The molecule has 0 spiro atoms. The molecule has 0 radical (unpaired) electrons. The number of hydrogen-bond donors (Lipinski definition) is 1. The molecule has 0 unspecified atom stereocenters. The van der Waals surface area contributed by atoms with Crippen molar-refractivity contribution in [1.29, 1.82) is 0 Å². The molecule has 2 rings (SSSR count). The molecular weight excluding hydrogens is 190 g/mol. The third-order valence-corrected chi connectivity index (χ3v) is 2.19. The largest absolute Gasteiger partial charge is 0.342 e. The molecule has 0 fully saturated rings. The van der Waals surface area contributed by atoms with Gasteiger partial charge in [-0.05, 0) is 17.7 Å². The molecule has 5 heteroatoms. The van der Waals surface area contributed by atoms with E-state index in [2.05, 4.69) is 33.8 Å². The quantitative estimate of drug-likeness (QED) is 0.449. The molecule has 76 valence electrons. The van der Waals surface area contributed by atoms with Crippen molar-refractivity contribution in [2.45, 2.75) is 19.8 Å². The van der Waals surface area contributed by atoms with Gasteiger partial charge in [0.25, 0.3) is 0 Å². The van der Waals surface area contributed by atoms with E-state index in [1.807, 2.05) is 6.07 Å². The first-order chi connectivity index (χ1) is 7.20. The van der Waals surface area contributed by atoms with Crippen molar-refractivity contribution < 1.29 is 0 Å². The van der Waals surface area contributed by atoms with E-state index in [4.69, 9.17) is 5.53 Å². The molecule has 0 bridgehead atoms. The number of aromatic amines is 1. The molecule has 2 aromatic rings. The van der Waals surface area contributed by atoms with Crippen LogP contribution in [0.3, 0.4) is 0 Å². The number of H-pyrrole nitrogens is 1. The average molecular weight is 201 g/mol. The molecule has 0 saturated carbocycles. The van der Waals surface area contributed by atoms with Gasteiger partial charge in [0, 0.05) is 16.5 Å². The molecule has 0 aliphatic heterocycles. The van der Waals surface area contributed by atoms with Crippen molar-refractivity contribution in [3.8, 4) is 0 Å². The molecule has 1 aromatic carbocycles. The smallest absolute Gasteiger partial charge is 0.109 e. The lowest BCUT2D eigenvalue weighted by atomic mass is 10.2. The lowest BCUT2D eigenvalue weighted by Crippen LogP contribution is -1.88. The summed E-state index contributed by atoms with van der Waals surface area (Å²) in [6.07, 6.45) is 0. The number of azide groups is 1. The van der Waals surface area contributed by atoms with Crippen molar-refractivity contribution in [3.05, 3.63) is 34.5 Å². The van der Waals surface area contributed by atoms with E-state index >= 15 is 0 Å². The molecule has 1 aromatic heterocycles. The average Bonchev–Trinajstić information content (AvgIpc) is 2.61. The zero-order valence-electron chi connectivity index (χ0n) is 8.60. The van der Waals surface area contributed by atoms with Gasteiger partial charge in [-0.1, -0.05) is 25.0 Å². The fourth-order valence-electron chi connectivity index (χ4n) is 1.40. The molecule has 1 heterocycles. The Morgan fingerprint density at radius 1 is 1.47 bits per heavy atom. The zero-order chi connectivity index (χ0) is 10.8. The van der Waals surface area contributed by atoms with Crippen LogP contribution in [0, 0.1) is 0 Å². The van der Waals surface area contributed by atoms with E-state index in [9.17, 15) is 0 Å². The summed E-state index contributed by atoms with van der Waals surface area (Å²) in [5, 5.41) is 3.54. The second-order valence-electron chi connectivity index (χ2n) is 3.67. The normalized spacial score (nSPS) is 10.6. The molecular formula is C10H11N5. The number of aromatic nitrogens is 2. The number of nitrogens with zero attached hydrogens (tertiary/aromatic N) is 4. The zero-order valence-corrected chi connectivity index (χ0v) is 8.60. The monoisotopic (exact) mass is 201 g/mol. The van der Waals surface area contributed by atoms with E-state index in [1.165, 1.54) is 0 Å². The van der Waals surface area contributed by atoms with Gasteiger partial charge in [0.15, 0.2) is 0 Å². The standard InChI is InChI=1S/C10H11N5/c1-6(2)10-12-8-4-3-7(14-15-11)5-9(8)13-10/h3-6H,1-2H3,(H,12,13). The summed E-state index contributed by atoms with van der Waals surface area (Å²) in [5.41, 5.74) is 10.7. The second-order valence-corrected chi connectivity index (χ2v) is 3.67. The Bertz CT molecular complexity index is 534. The number of fused-ring (bicyclic) bond motifs is 1. The predicted molar refractivity (Wildman–Crippen MR) is 59.0 cm³/mol. The molecule has 5 nitrogen and oxygen atoms in total. The van der Waals surface area contributed by atoms with Crippen LogP contribution in [0.15, 0.2) is 23.3 Å². The van der Waals surface area contributed by atoms with Crippen molar-refractivity contribution in [2.75, 3.05) is 0 Å². The molecule has 0 aliphatic carbocycles. The highest BCUT2D eigenvalue weighted by Gasteiger charge is 2.05. The van der Waals surface area contributed by atoms with Gasteiger partial charge in [0.2, 0.25) is 0 Å². The first-order valence-corrected chi connectivity index (χ1v) is 4.75. The lowest BCUT2D eigenvalue weighted by Gasteiger charge is -1.95. The molecule has 1 N–H and O–H groups in total. The van der Waals surface area contributed by atoms with Gasteiger partial charge in [0.1, 0.15) is 5.82 Å². The van der Waals surface area contributed by atoms with Crippen LogP contribution in [0.1, 0.15) is 25.6 Å². The van der Waals surface area contributed by atoms with Gasteiger partial charge in [-0.25, -0.2) is 4.98 Å². The van der Waals surface area contributed by atoms with Gasteiger partial charge in [-0.3, -0.25) is 0 Å². The Labute approximate surface area is 86.8 Å². The van der Waals surface area contributed by atoms with E-state index in [0.29, 0.717) is 11.6 Å². The highest BCUT2D eigenvalue weighted by atomic mass is 15.1. The highest BCUT2D eigenvalue weighted by Crippen LogP contribution is 2.21. The molecule has 0 atom stereocenters. The topological polar surface area (TPSA) is 77.4 Å². The third-order valence-electron chi connectivity index (χ3n) is 2.19. The third kappa shape index (κ3) is 1.78. The van der Waals surface area contributed by atoms with Crippen LogP contribution in [0.4, 0.5) is 5.69 Å². The van der Waals surface area contributed by atoms with Crippen LogP contribution in [0.5, 0.6) is 0 Å². The summed E-state index contributed by atoms with van der Waals surface area (Å²) >= 11 is 0. The number of benzene rings is 1. The van der Waals surface area contributed by atoms with Gasteiger partial charge >= 0.3 is 0 Å². The summed E-state index contributed by atoms with van der Waals surface area (Å²) in [5.74, 6) is 1.31. The highest BCUT2D eigenvalue weighted by molar-refractivity contribution is 5.78. The Balaban J connectivity index is 2.56. The second kappa shape index (κ2) is 3.63. The number of hydrogen-bond acceptors (Lipinski definition) is 2. The van der Waals surface area contributed by atoms with Crippen molar-refractivity contribution in [2.24, 2.45) is 5.11 Å². The SMILES string of the molecule is CC(C)c1nc2ccc(N=[N+]=[N-])cc2[nH]1. The minimum atomic E-state index is 0.361. The Morgan fingerprint density at radius 3 is 2.93 bits per heavy atom. The van der Waals surface area contributed by atoms with E-state index in [1.54, 1.807) is 12.1 Å². The molecule has 15 heavy (non-hydrogen) atoms. The fourth-order valence-corrected chi connectivity index (χ4v) is 1.40. The number of nitrogens with one attached hydrogen (secondary N) is 1. The lowest BCUT2D eigenvalue weighted by molar-refractivity contribution is 0.799. The minimum absolute atomic E-state index is 0.361. The van der Waals surface area contributed by atoms with Gasteiger partial charge < -0.3 is 4.98 Å². The first-order valence-electron chi connectivity index (χ1n) is 4.75. The maximum absolute atomic E-state index is 8.32. The van der Waals surface area contributed by atoms with Crippen LogP contribution in [-0.4, -0.2) is 9.97 Å². The molecule has 0 aliphatic rings. The predicted octanol–water partition coefficient (Wildman–Crippen LogP) is 3.63. The summed E-state index contributed by atoms with van der Waals surface area (Å²) < 4.78 is 0. The van der Waals surface area contributed by atoms with E-state index in [-0.39, 0.29) is 0 Å². The van der Waals surface area contributed by atoms with Crippen LogP contribution in [0.2, 0.25) is 0 Å². The minimum Gasteiger partial charge on any atom is -0.342 e. The summed E-state index contributed by atoms with van der Waals surface area (Å²) in [6.45, 7) is 4.15. The Morgan fingerprint density at radius 2 is 2.27 bits per heavy atom. The van der Waals surface area contributed by atoms with Crippen LogP contribution in [-0.2, 0) is 0 Å². The Kier molecular flexibility index (Phi) is 2.31. The summed E-state index contributed by atoms with van der Waals surface area (Å²) in [6, 6.07) is 5.41. The first kappa shape index (κ1) is 9.55. The maximum Gasteiger partial charge on any atom is 0.109 e. The fraction of sp³-hybridized carbons (Fsp3) is 0.300. The van der Waals surface area contributed by atoms with Crippen LogP contribution in [0.25, 0.3) is 21.5 Å². The van der Waals surface area contributed by atoms with Crippen molar-refractivity contribution in [3.63, 3.8) is 0 Å². The van der Waals surface area contributed by atoms with Crippen molar-refractivity contribution >= 4 is 16.7 Å². The van der Waals surface area contributed by atoms with Crippen LogP contribution >= 0.6 is 0 Å². The van der Waals surface area contributed by atoms with Gasteiger partial charge in [-0.15, -0.1) is 0 Å². The molecule has 0 amide bonds. The number of rotatable bonds is 2. The Hall–Kier alpha value is -2.00.